The van der Waals surface area contributed by atoms with Crippen LogP contribution in [-0.2, 0) is 23.6 Å². The Morgan fingerprint density at radius 3 is 2.42 bits per heavy atom. The quantitative estimate of drug-likeness (QED) is 0.548. The number of rotatable bonds is 8. The van der Waals surface area contributed by atoms with Gasteiger partial charge in [0.05, 0.1) is 11.4 Å². The monoisotopic (exact) mass is 477 g/mol. The maximum absolute atomic E-state index is 13.0. The van der Waals surface area contributed by atoms with Crippen molar-refractivity contribution in [3.63, 3.8) is 0 Å². The summed E-state index contributed by atoms with van der Waals surface area (Å²) < 4.78 is 29.7. The Hall–Kier alpha value is -2.92. The van der Waals surface area contributed by atoms with E-state index in [0.29, 0.717) is 25.2 Å². The van der Waals surface area contributed by atoms with Gasteiger partial charge in [0.1, 0.15) is 11.4 Å². The van der Waals surface area contributed by atoms with Crippen LogP contribution in [0.4, 0.5) is 11.5 Å². The Bertz CT molecular complexity index is 1240. The van der Waals surface area contributed by atoms with Crippen molar-refractivity contribution >= 4 is 27.3 Å². The predicted molar refractivity (Wildman–Crippen MR) is 127 cm³/mol. The lowest BCUT2D eigenvalue weighted by Crippen LogP contribution is -2.43. The summed E-state index contributed by atoms with van der Waals surface area (Å²) in [5, 5.41) is 2.89. The Balaban J connectivity index is 1.82. The topological polar surface area (TPSA) is 136 Å². The van der Waals surface area contributed by atoms with E-state index in [1.165, 1.54) is 28.1 Å². The number of carbonyl (C=O) groups is 1. The van der Waals surface area contributed by atoms with Crippen LogP contribution in [-0.4, -0.2) is 47.3 Å². The zero-order chi connectivity index (χ0) is 24.2. The van der Waals surface area contributed by atoms with Crippen LogP contribution in [0.15, 0.2) is 38.8 Å². The molecule has 0 bridgehead atoms. The Labute approximate surface area is 193 Å². The number of carbonyl (C=O) groups excluding carboxylic acids is 1. The second-order valence-corrected chi connectivity index (χ2v) is 10.1. The van der Waals surface area contributed by atoms with Gasteiger partial charge in [-0.1, -0.05) is 25.8 Å². The predicted octanol–water partition coefficient (Wildman–Crippen LogP) is 1.40. The van der Waals surface area contributed by atoms with Gasteiger partial charge in [-0.05, 0) is 37.5 Å². The number of anilines is 2. The van der Waals surface area contributed by atoms with E-state index in [-0.39, 0.29) is 29.4 Å². The second kappa shape index (κ2) is 10.3. The minimum Gasteiger partial charge on any atom is -0.384 e. The minimum atomic E-state index is -3.64. The largest absolute Gasteiger partial charge is 0.384 e. The summed E-state index contributed by atoms with van der Waals surface area (Å²) >= 11 is 0. The van der Waals surface area contributed by atoms with Gasteiger partial charge in [0, 0.05) is 32.4 Å². The first kappa shape index (κ1) is 24.7. The molecule has 0 spiro atoms. The van der Waals surface area contributed by atoms with Crippen LogP contribution in [0.5, 0.6) is 0 Å². The Kier molecular flexibility index (Phi) is 7.75. The number of hydrogen-bond acceptors (Lipinski definition) is 7. The first-order valence-electron chi connectivity index (χ1n) is 11.1. The van der Waals surface area contributed by atoms with Crippen molar-refractivity contribution in [2.45, 2.75) is 50.5 Å². The molecule has 2 heterocycles. The molecule has 11 heteroatoms. The molecular formula is C22H31N5O5S. The van der Waals surface area contributed by atoms with Crippen molar-refractivity contribution in [3.05, 3.63) is 50.7 Å². The summed E-state index contributed by atoms with van der Waals surface area (Å²) in [6, 6.07) is 6.26. The van der Waals surface area contributed by atoms with E-state index in [1.807, 2.05) is 6.92 Å². The van der Waals surface area contributed by atoms with Crippen LogP contribution in [0.25, 0.3) is 0 Å². The highest BCUT2D eigenvalue weighted by atomic mass is 32.2. The summed E-state index contributed by atoms with van der Waals surface area (Å²) in [5.41, 5.74) is 4.84. The molecule has 0 amide bonds. The van der Waals surface area contributed by atoms with Crippen LogP contribution in [0.3, 0.4) is 0 Å². The molecule has 0 saturated carbocycles. The van der Waals surface area contributed by atoms with Gasteiger partial charge < -0.3 is 11.1 Å². The van der Waals surface area contributed by atoms with Crippen LogP contribution in [0.2, 0.25) is 0 Å². The van der Waals surface area contributed by atoms with E-state index in [2.05, 4.69) is 5.32 Å². The number of ketones is 1. The molecule has 1 aromatic heterocycles. The van der Waals surface area contributed by atoms with E-state index in [9.17, 15) is 22.8 Å². The number of nitrogen functional groups attached to an aromatic ring is 1. The molecule has 1 aromatic carbocycles. The molecule has 0 unspecified atom stereocenters. The Morgan fingerprint density at radius 2 is 1.79 bits per heavy atom. The highest BCUT2D eigenvalue weighted by Crippen LogP contribution is 2.22. The third-order valence-electron chi connectivity index (χ3n) is 5.80. The van der Waals surface area contributed by atoms with Crippen LogP contribution >= 0.6 is 0 Å². The molecule has 3 N–H and O–H groups in total. The molecule has 0 atom stereocenters. The van der Waals surface area contributed by atoms with Crippen LogP contribution in [0, 0.1) is 0 Å². The number of nitrogens with zero attached hydrogens (tertiary/aromatic N) is 3. The first-order valence-corrected chi connectivity index (χ1v) is 12.6. The fourth-order valence-corrected chi connectivity index (χ4v) is 5.52. The van der Waals surface area contributed by atoms with Crippen molar-refractivity contribution in [2.75, 3.05) is 30.7 Å². The maximum Gasteiger partial charge on any atom is 0.332 e. The van der Waals surface area contributed by atoms with Gasteiger partial charge in [-0.2, -0.15) is 4.31 Å². The normalized spacial score (nSPS) is 15.2. The molecule has 1 aliphatic rings. The van der Waals surface area contributed by atoms with Crippen molar-refractivity contribution < 1.29 is 13.2 Å². The van der Waals surface area contributed by atoms with E-state index in [0.717, 1.165) is 30.3 Å². The fraction of sp³-hybridized carbons (Fsp3) is 0.500. The SMILES string of the molecule is CCCn1c(N)c(C(=O)CNc2cccc(S(=O)(=O)N3CCCCCC3)c2)c(=O)n(C)c1=O. The van der Waals surface area contributed by atoms with Gasteiger partial charge in [0.15, 0.2) is 5.78 Å². The molecule has 0 radical (unpaired) electrons. The zero-order valence-corrected chi connectivity index (χ0v) is 19.9. The summed E-state index contributed by atoms with van der Waals surface area (Å²) in [6.45, 7) is 2.84. The molecule has 0 aliphatic carbocycles. The number of benzene rings is 1. The summed E-state index contributed by atoms with van der Waals surface area (Å²) in [7, 11) is -2.33. The van der Waals surface area contributed by atoms with E-state index >= 15 is 0 Å². The van der Waals surface area contributed by atoms with Gasteiger partial charge >= 0.3 is 5.69 Å². The first-order chi connectivity index (χ1) is 15.7. The van der Waals surface area contributed by atoms with Crippen molar-refractivity contribution in [1.82, 2.24) is 13.4 Å². The van der Waals surface area contributed by atoms with Crippen molar-refractivity contribution in [1.29, 1.82) is 0 Å². The summed E-state index contributed by atoms with van der Waals surface area (Å²) in [6.07, 6.45) is 4.31. The standard InChI is InChI=1S/C22H31N5O5S/c1-3-11-27-20(23)19(21(29)25(2)22(27)30)18(28)15-24-16-9-8-10-17(14-16)33(31,32)26-12-6-4-5-7-13-26/h8-10,14,24H,3-7,11-13,15,23H2,1-2H3. The summed E-state index contributed by atoms with van der Waals surface area (Å²) in [5.74, 6) is -0.743. The average molecular weight is 478 g/mol. The van der Waals surface area contributed by atoms with Gasteiger partial charge in [-0.3, -0.25) is 18.7 Å². The van der Waals surface area contributed by atoms with Crippen LogP contribution < -0.4 is 22.3 Å². The molecule has 3 rings (SSSR count). The number of aromatic nitrogens is 2. The van der Waals surface area contributed by atoms with E-state index < -0.39 is 27.1 Å². The molecule has 1 saturated heterocycles. The molecule has 10 nitrogen and oxygen atoms in total. The smallest absolute Gasteiger partial charge is 0.332 e. The third kappa shape index (κ3) is 5.19. The van der Waals surface area contributed by atoms with E-state index in [1.54, 1.807) is 12.1 Å². The van der Waals surface area contributed by atoms with Crippen LogP contribution in [0.1, 0.15) is 49.4 Å². The summed E-state index contributed by atoms with van der Waals surface area (Å²) in [4.78, 5) is 37.8. The highest BCUT2D eigenvalue weighted by Gasteiger charge is 2.26. The second-order valence-electron chi connectivity index (χ2n) is 8.18. The molecule has 33 heavy (non-hydrogen) atoms. The number of nitrogens with two attached hydrogens (primary N) is 1. The van der Waals surface area contributed by atoms with Gasteiger partial charge in [0.2, 0.25) is 10.0 Å². The molecular weight excluding hydrogens is 446 g/mol. The number of nitrogens with one attached hydrogen (secondary N) is 1. The molecule has 2 aromatic rings. The minimum absolute atomic E-state index is 0.147. The number of hydrogen-bond donors (Lipinski definition) is 2. The van der Waals surface area contributed by atoms with Gasteiger partial charge in [-0.25, -0.2) is 13.2 Å². The lowest BCUT2D eigenvalue weighted by molar-refractivity contribution is 0.100. The lowest BCUT2D eigenvalue weighted by atomic mass is 10.2. The number of Topliss-reactive ketones (excluding diaryl/α,β-unsaturated/α-hetero) is 1. The third-order valence-corrected chi connectivity index (χ3v) is 7.69. The Morgan fingerprint density at radius 1 is 1.12 bits per heavy atom. The van der Waals surface area contributed by atoms with Gasteiger partial charge in [0.25, 0.3) is 5.56 Å². The van der Waals surface area contributed by atoms with Gasteiger partial charge in [-0.15, -0.1) is 0 Å². The fourth-order valence-electron chi connectivity index (χ4n) is 3.95. The zero-order valence-electron chi connectivity index (χ0n) is 19.0. The molecule has 1 fully saturated rings. The van der Waals surface area contributed by atoms with Crippen molar-refractivity contribution in [3.8, 4) is 0 Å². The average Bonchev–Trinajstić information content (AvgIpc) is 3.10. The lowest BCUT2D eigenvalue weighted by Gasteiger charge is -2.20. The maximum atomic E-state index is 13.0. The van der Waals surface area contributed by atoms with Crippen molar-refractivity contribution in [2.24, 2.45) is 7.05 Å². The van der Waals surface area contributed by atoms with E-state index in [4.69, 9.17) is 5.73 Å². The highest BCUT2D eigenvalue weighted by molar-refractivity contribution is 7.89. The molecule has 1 aliphatic heterocycles. The molecule has 180 valence electrons. The number of sulfonamides is 1.